The van der Waals surface area contributed by atoms with Crippen LogP contribution >= 0.6 is 0 Å². The number of ketones is 2. The molecule has 1 saturated carbocycles. The molecule has 11 nitrogen and oxygen atoms in total. The number of nitrogens with one attached hydrogen (secondary N) is 1. The predicted molar refractivity (Wildman–Crippen MR) is 151 cm³/mol. The van der Waals surface area contributed by atoms with Crippen molar-refractivity contribution in [2.24, 2.45) is 17.6 Å². The number of rotatable bonds is 3. The summed E-state index contributed by atoms with van der Waals surface area (Å²) >= 11 is 0. The highest BCUT2D eigenvalue weighted by Crippen LogP contribution is 2.52. The second kappa shape index (κ2) is 10.2. The van der Waals surface area contributed by atoms with Crippen LogP contribution in [0.5, 0.6) is 5.75 Å². The molecule has 2 amide bonds. The third-order valence-electron chi connectivity index (χ3n) is 8.15. The molecular formula is C31H29N3O8. The van der Waals surface area contributed by atoms with Gasteiger partial charge in [-0.3, -0.25) is 24.1 Å². The van der Waals surface area contributed by atoms with E-state index in [1.165, 1.54) is 17.9 Å². The Labute approximate surface area is 240 Å². The highest BCUT2D eigenvalue weighted by atomic mass is 16.3. The lowest BCUT2D eigenvalue weighted by molar-refractivity contribution is -0.153. The van der Waals surface area contributed by atoms with E-state index in [1.807, 2.05) is 0 Å². The molecule has 5 rings (SSSR count). The number of aliphatic hydroxyl groups is 3. The van der Waals surface area contributed by atoms with Crippen LogP contribution < -0.4 is 11.1 Å². The van der Waals surface area contributed by atoms with Gasteiger partial charge in [-0.15, -0.1) is 0 Å². The Balaban J connectivity index is 1.61. The van der Waals surface area contributed by atoms with Crippen LogP contribution in [0.3, 0.4) is 0 Å². The molecule has 0 radical (unpaired) electrons. The number of Topliss-reactive ketones (excluding diaryl/α,β-unsaturated/α-hetero) is 2. The summed E-state index contributed by atoms with van der Waals surface area (Å²) in [5.74, 6) is -1.19. The van der Waals surface area contributed by atoms with Crippen LogP contribution in [0, 0.1) is 23.7 Å². The van der Waals surface area contributed by atoms with Gasteiger partial charge in [-0.1, -0.05) is 11.8 Å². The van der Waals surface area contributed by atoms with Gasteiger partial charge < -0.3 is 31.5 Å². The molecule has 7 N–H and O–H groups in total. The molecule has 3 aliphatic carbocycles. The summed E-state index contributed by atoms with van der Waals surface area (Å²) < 4.78 is 0. The predicted octanol–water partition coefficient (Wildman–Crippen LogP) is 1.32. The largest absolute Gasteiger partial charge is 0.508 e. The lowest BCUT2D eigenvalue weighted by atomic mass is 9.57. The van der Waals surface area contributed by atoms with Gasteiger partial charge in [0.1, 0.15) is 22.8 Å². The zero-order chi connectivity index (χ0) is 30.7. The maximum Gasteiger partial charge on any atom is 0.255 e. The molecule has 0 heterocycles. The van der Waals surface area contributed by atoms with E-state index >= 15 is 0 Å². The Kier molecular flexibility index (Phi) is 6.92. The normalized spacial score (nSPS) is 24.8. The van der Waals surface area contributed by atoms with Crippen molar-refractivity contribution in [3.05, 3.63) is 75.6 Å². The third-order valence-corrected chi connectivity index (χ3v) is 8.15. The summed E-state index contributed by atoms with van der Waals surface area (Å²) in [7, 11) is 3.09. The molecule has 4 atom stereocenters. The van der Waals surface area contributed by atoms with Gasteiger partial charge in [-0.25, -0.2) is 0 Å². The average molecular weight is 572 g/mol. The van der Waals surface area contributed by atoms with Crippen molar-refractivity contribution in [1.29, 1.82) is 0 Å². The van der Waals surface area contributed by atoms with Gasteiger partial charge in [0.25, 0.3) is 5.91 Å². The van der Waals surface area contributed by atoms with Crippen LogP contribution in [0.1, 0.15) is 35.6 Å². The first-order chi connectivity index (χ1) is 19.8. The van der Waals surface area contributed by atoms with E-state index in [9.17, 15) is 39.6 Å². The standard InChI is InChI=1S/C31H29N3O8/c1-14(35)33-18-9-5-15(6-10-18)4-7-16-8-11-21(36)23-19(16)12-17-13-20-25(34(2)3)27(38)24(30(32)41)29(40)31(20,42)28(39)22(17)26(23)37/h5-6,8-11,17,20,25,36-37,40,42H,12-13H2,1-3H3,(H2,32,41)(H,33,35)/t17-,20-,25+,31-/m0/s1. The number of fused-ring (bicyclic) bond motifs is 3. The zero-order valence-electron chi connectivity index (χ0n) is 23.1. The number of hydrogen-bond donors (Lipinski definition) is 6. The van der Waals surface area contributed by atoms with Gasteiger partial charge in [0, 0.05) is 35.2 Å². The first kappa shape index (κ1) is 28.6. The van der Waals surface area contributed by atoms with Crippen molar-refractivity contribution < 1.29 is 39.6 Å². The van der Waals surface area contributed by atoms with E-state index in [-0.39, 0.29) is 35.6 Å². The first-order valence-corrected chi connectivity index (χ1v) is 13.2. The molecule has 1 fully saturated rings. The van der Waals surface area contributed by atoms with E-state index in [4.69, 9.17) is 5.73 Å². The number of nitrogens with zero attached hydrogens (tertiary/aromatic N) is 1. The first-order valence-electron chi connectivity index (χ1n) is 13.2. The number of carbonyl (C=O) groups excluding carboxylic acids is 4. The van der Waals surface area contributed by atoms with Crippen LogP contribution in [0.15, 0.2) is 53.3 Å². The van der Waals surface area contributed by atoms with Gasteiger partial charge in [0.2, 0.25) is 11.7 Å². The number of likely N-dealkylation sites (N-methyl/N-ethyl adjacent to an activating group) is 1. The Morgan fingerprint density at radius 3 is 2.31 bits per heavy atom. The summed E-state index contributed by atoms with van der Waals surface area (Å²) in [4.78, 5) is 52.0. The van der Waals surface area contributed by atoms with E-state index in [1.54, 1.807) is 44.4 Å². The second-order valence-electron chi connectivity index (χ2n) is 11.0. The zero-order valence-corrected chi connectivity index (χ0v) is 23.1. The molecule has 2 aromatic rings. The Hall–Kier alpha value is -4.92. The maximum atomic E-state index is 13.9. The fourth-order valence-electron chi connectivity index (χ4n) is 6.34. The fraction of sp³-hybridized carbons (Fsp3) is 0.290. The summed E-state index contributed by atoms with van der Waals surface area (Å²) in [6.45, 7) is 1.40. The summed E-state index contributed by atoms with van der Waals surface area (Å²) in [6, 6.07) is 8.61. The Morgan fingerprint density at radius 2 is 1.71 bits per heavy atom. The van der Waals surface area contributed by atoms with Crippen molar-refractivity contribution in [3.63, 3.8) is 0 Å². The minimum Gasteiger partial charge on any atom is -0.508 e. The van der Waals surface area contributed by atoms with Gasteiger partial charge >= 0.3 is 0 Å². The molecule has 0 saturated heterocycles. The van der Waals surface area contributed by atoms with Crippen LogP contribution in [-0.4, -0.2) is 74.4 Å². The molecule has 0 unspecified atom stereocenters. The fourth-order valence-corrected chi connectivity index (χ4v) is 6.34. The number of anilines is 1. The lowest BCUT2D eigenvalue weighted by Gasteiger charge is -2.50. The number of aromatic hydroxyl groups is 1. The molecule has 2 aromatic carbocycles. The van der Waals surface area contributed by atoms with Crippen molar-refractivity contribution in [2.45, 2.75) is 31.4 Å². The molecule has 216 valence electrons. The summed E-state index contributed by atoms with van der Waals surface area (Å²) in [5.41, 5.74) is 3.75. The third kappa shape index (κ3) is 4.32. The smallest absolute Gasteiger partial charge is 0.255 e. The number of nitrogens with two attached hydrogens (primary N) is 1. The number of benzene rings is 2. The molecule has 0 aromatic heterocycles. The molecular weight excluding hydrogens is 542 g/mol. The topological polar surface area (TPSA) is 190 Å². The second-order valence-corrected chi connectivity index (χ2v) is 11.0. The Morgan fingerprint density at radius 1 is 1.05 bits per heavy atom. The SMILES string of the molecule is CC(=O)Nc1ccc(C#Cc2ccc(O)c3c2C[C@H]2C[C@H]4[C@@H](N(C)C)C(=O)C(C(N)=O)=C(O)[C@@]4(O)C(=O)C2=C3O)cc1. The molecule has 42 heavy (non-hydrogen) atoms. The Bertz CT molecular complexity index is 1690. The molecule has 3 aliphatic rings. The van der Waals surface area contributed by atoms with E-state index < -0.39 is 58.0 Å². The minimum atomic E-state index is -2.69. The van der Waals surface area contributed by atoms with E-state index in [2.05, 4.69) is 17.2 Å². The van der Waals surface area contributed by atoms with Crippen LogP contribution in [0.25, 0.3) is 5.76 Å². The maximum absolute atomic E-state index is 13.9. The van der Waals surface area contributed by atoms with E-state index in [0.717, 1.165) is 0 Å². The van der Waals surface area contributed by atoms with Crippen molar-refractivity contribution in [3.8, 4) is 17.6 Å². The van der Waals surface area contributed by atoms with E-state index in [0.29, 0.717) is 22.4 Å². The quantitative estimate of drug-likeness (QED) is 0.233. The number of hydrogen-bond acceptors (Lipinski definition) is 9. The molecule has 11 heteroatoms. The molecule has 0 spiro atoms. The number of phenols is 1. The monoisotopic (exact) mass is 571 g/mol. The van der Waals surface area contributed by atoms with Gasteiger partial charge in [0.05, 0.1) is 11.6 Å². The number of aliphatic hydroxyl groups excluding tert-OH is 2. The molecule has 0 bridgehead atoms. The van der Waals surface area contributed by atoms with Crippen molar-refractivity contribution >= 4 is 34.8 Å². The van der Waals surface area contributed by atoms with Crippen molar-refractivity contribution in [2.75, 3.05) is 19.4 Å². The molecule has 0 aliphatic heterocycles. The van der Waals surface area contributed by atoms with Gasteiger partial charge in [-0.2, -0.15) is 0 Å². The van der Waals surface area contributed by atoms with Gasteiger partial charge in [-0.05, 0) is 74.8 Å². The average Bonchev–Trinajstić information content (AvgIpc) is 2.90. The van der Waals surface area contributed by atoms with Crippen molar-refractivity contribution in [1.82, 2.24) is 4.90 Å². The van der Waals surface area contributed by atoms with Crippen LogP contribution in [0.2, 0.25) is 0 Å². The number of primary amides is 1. The lowest BCUT2D eigenvalue weighted by Crippen LogP contribution is -2.65. The highest BCUT2D eigenvalue weighted by Gasteiger charge is 2.64. The van der Waals surface area contributed by atoms with Crippen LogP contribution in [-0.2, 0) is 25.6 Å². The highest BCUT2D eigenvalue weighted by molar-refractivity contribution is 6.24. The summed E-state index contributed by atoms with van der Waals surface area (Å²) in [6.07, 6.45) is 0.118. The van der Waals surface area contributed by atoms with Gasteiger partial charge in [0.15, 0.2) is 11.4 Å². The summed E-state index contributed by atoms with van der Waals surface area (Å²) in [5, 5.41) is 47.3. The van der Waals surface area contributed by atoms with Crippen LogP contribution in [0.4, 0.5) is 5.69 Å². The number of amides is 2. The minimum absolute atomic E-state index is 0.0150. The number of carbonyl (C=O) groups is 4. The number of phenolic OH excluding ortho intramolecular Hbond substituents is 1.